The summed E-state index contributed by atoms with van der Waals surface area (Å²) in [4.78, 5) is 31.3. The highest BCUT2D eigenvalue weighted by atomic mass is 16.5. The molecule has 0 aliphatic heterocycles. The summed E-state index contributed by atoms with van der Waals surface area (Å²) in [6.45, 7) is 2.86. The number of aromatic nitrogens is 1. The van der Waals surface area contributed by atoms with Crippen molar-refractivity contribution < 1.29 is 19.4 Å². The van der Waals surface area contributed by atoms with Gasteiger partial charge in [-0.2, -0.15) is 0 Å². The fourth-order valence-electron chi connectivity index (χ4n) is 5.92. The molecule has 0 saturated heterocycles. The molecule has 0 aliphatic carbocycles. The molecule has 228 valence electrons. The smallest absolute Gasteiger partial charge is 0.304 e. The first-order valence-electron chi connectivity index (χ1n) is 15.0. The molecule has 1 aromatic heterocycles. The van der Waals surface area contributed by atoms with Gasteiger partial charge in [-0.3, -0.25) is 15.0 Å². The van der Waals surface area contributed by atoms with E-state index in [-0.39, 0.29) is 12.3 Å². The van der Waals surface area contributed by atoms with Crippen molar-refractivity contribution in [3.8, 4) is 5.75 Å². The topological polar surface area (TPSA) is 97.9 Å². The number of para-hydroxylation sites is 2. The summed E-state index contributed by atoms with van der Waals surface area (Å²) in [7, 11) is 3.43. The number of fused-ring (bicyclic) bond motifs is 2. The standard InChI is InChI=1S/C36H40N4O4/c1-4-40(38-30(22-35(41)42)21-29-23-37-32-15-9-8-14-31(29)32)33(20-25-17-18-26-11-5-6-12-27(26)19-25)36(43)39(2)24-28-13-7-10-16-34(28)44-3/h5-19,23,30,33,37-38H,4,20-22,24H2,1-3H3,(H,41,42). The highest BCUT2D eigenvalue weighted by Gasteiger charge is 2.31. The minimum Gasteiger partial charge on any atom is -0.496 e. The normalized spacial score (nSPS) is 12.8. The molecule has 0 radical (unpaired) electrons. The lowest BCUT2D eigenvalue weighted by molar-refractivity contribution is -0.139. The summed E-state index contributed by atoms with van der Waals surface area (Å²) in [5.74, 6) is -0.243. The summed E-state index contributed by atoms with van der Waals surface area (Å²) in [6.07, 6.45) is 2.79. The first-order chi connectivity index (χ1) is 21.4. The molecule has 1 heterocycles. The van der Waals surface area contributed by atoms with E-state index in [1.165, 1.54) is 0 Å². The van der Waals surface area contributed by atoms with Gasteiger partial charge in [0, 0.05) is 48.8 Å². The zero-order valence-corrected chi connectivity index (χ0v) is 25.5. The van der Waals surface area contributed by atoms with Crippen LogP contribution in [0.1, 0.15) is 30.0 Å². The monoisotopic (exact) mass is 592 g/mol. The number of H-pyrrole nitrogens is 1. The number of carboxylic acid groups (broad SMARTS) is 1. The largest absolute Gasteiger partial charge is 0.496 e. The van der Waals surface area contributed by atoms with Crippen molar-refractivity contribution in [1.29, 1.82) is 0 Å². The number of hydrogen-bond acceptors (Lipinski definition) is 5. The number of carbonyl (C=O) groups excluding carboxylic acids is 1. The van der Waals surface area contributed by atoms with Crippen molar-refractivity contribution in [2.45, 2.75) is 44.8 Å². The molecular weight excluding hydrogens is 552 g/mol. The van der Waals surface area contributed by atoms with Gasteiger partial charge in [0.25, 0.3) is 0 Å². The van der Waals surface area contributed by atoms with Crippen molar-refractivity contribution in [2.75, 3.05) is 20.7 Å². The molecule has 4 aromatic carbocycles. The molecule has 3 N–H and O–H groups in total. The molecule has 0 saturated carbocycles. The summed E-state index contributed by atoms with van der Waals surface area (Å²) in [6, 6.07) is 29.1. The Balaban J connectivity index is 1.45. The van der Waals surface area contributed by atoms with Crippen LogP contribution in [0.2, 0.25) is 0 Å². The van der Waals surface area contributed by atoms with E-state index in [1.807, 2.05) is 78.8 Å². The second-order valence-corrected chi connectivity index (χ2v) is 11.2. The maximum atomic E-state index is 14.3. The van der Waals surface area contributed by atoms with E-state index in [2.05, 4.69) is 40.7 Å². The lowest BCUT2D eigenvalue weighted by Crippen LogP contribution is -2.57. The van der Waals surface area contributed by atoms with E-state index in [4.69, 9.17) is 4.74 Å². The van der Waals surface area contributed by atoms with Crippen molar-refractivity contribution in [3.05, 3.63) is 114 Å². The summed E-state index contributed by atoms with van der Waals surface area (Å²) in [5, 5.41) is 15.1. The number of nitrogens with zero attached hydrogens (tertiary/aromatic N) is 2. The van der Waals surface area contributed by atoms with Gasteiger partial charge in [-0.1, -0.05) is 85.8 Å². The fourth-order valence-corrected chi connectivity index (χ4v) is 5.92. The van der Waals surface area contributed by atoms with Gasteiger partial charge in [0.15, 0.2) is 0 Å². The predicted octanol–water partition coefficient (Wildman–Crippen LogP) is 5.81. The maximum Gasteiger partial charge on any atom is 0.304 e. The number of hydrazine groups is 1. The minimum absolute atomic E-state index is 0.0698. The molecule has 0 spiro atoms. The van der Waals surface area contributed by atoms with E-state index >= 15 is 0 Å². The van der Waals surface area contributed by atoms with Gasteiger partial charge >= 0.3 is 5.97 Å². The average Bonchev–Trinajstić information content (AvgIpc) is 3.44. The molecule has 2 atom stereocenters. The number of aromatic amines is 1. The third-order valence-electron chi connectivity index (χ3n) is 8.13. The van der Waals surface area contributed by atoms with Crippen LogP contribution >= 0.6 is 0 Å². The number of methoxy groups -OCH3 is 1. The Hall–Kier alpha value is -4.66. The Kier molecular flexibility index (Phi) is 9.94. The van der Waals surface area contributed by atoms with Crippen LogP contribution in [-0.4, -0.2) is 64.7 Å². The number of carbonyl (C=O) groups is 2. The van der Waals surface area contributed by atoms with Crippen LogP contribution in [0.5, 0.6) is 5.75 Å². The van der Waals surface area contributed by atoms with Crippen molar-refractivity contribution >= 4 is 33.6 Å². The highest BCUT2D eigenvalue weighted by Crippen LogP contribution is 2.23. The summed E-state index contributed by atoms with van der Waals surface area (Å²) in [5.41, 5.74) is 7.46. The first kappa shape index (κ1) is 30.8. The fraction of sp³-hybridized carbons (Fsp3) is 0.278. The van der Waals surface area contributed by atoms with E-state index in [9.17, 15) is 14.7 Å². The molecule has 5 aromatic rings. The lowest BCUT2D eigenvalue weighted by atomic mass is 9.99. The molecule has 8 nitrogen and oxygen atoms in total. The van der Waals surface area contributed by atoms with Crippen molar-refractivity contribution in [2.24, 2.45) is 0 Å². The SMILES string of the molecule is CCN(NC(CC(=O)O)Cc1c[nH]c2ccccc12)C(Cc1ccc2ccccc2c1)C(=O)N(C)Cc1ccccc1OC. The third-order valence-corrected chi connectivity index (χ3v) is 8.13. The van der Waals surface area contributed by atoms with Crippen LogP contribution in [-0.2, 0) is 29.0 Å². The third kappa shape index (κ3) is 7.27. The van der Waals surface area contributed by atoms with E-state index in [0.717, 1.165) is 44.1 Å². The van der Waals surface area contributed by atoms with Gasteiger partial charge in [0.2, 0.25) is 5.91 Å². The molecule has 5 rings (SSSR count). The number of rotatable bonds is 14. The number of likely N-dealkylation sites (N-methyl/N-ethyl adjacent to an activating group) is 2. The minimum atomic E-state index is -0.899. The number of aliphatic carboxylic acids is 1. The van der Waals surface area contributed by atoms with E-state index in [0.29, 0.717) is 25.9 Å². The van der Waals surface area contributed by atoms with E-state index in [1.54, 1.807) is 19.1 Å². The molecule has 44 heavy (non-hydrogen) atoms. The van der Waals surface area contributed by atoms with Gasteiger partial charge in [-0.15, -0.1) is 0 Å². The molecule has 0 bridgehead atoms. The maximum absolute atomic E-state index is 14.3. The van der Waals surface area contributed by atoms with E-state index < -0.39 is 18.1 Å². The second-order valence-electron chi connectivity index (χ2n) is 11.2. The Morgan fingerprint density at radius 3 is 2.41 bits per heavy atom. The number of carboxylic acids is 1. The van der Waals surface area contributed by atoms with Gasteiger partial charge in [-0.25, -0.2) is 5.01 Å². The van der Waals surface area contributed by atoms with Gasteiger partial charge in [0.05, 0.1) is 13.5 Å². The number of nitrogens with one attached hydrogen (secondary N) is 2. The molecule has 2 unspecified atom stereocenters. The number of hydrogen-bond donors (Lipinski definition) is 3. The number of benzene rings is 4. The molecule has 0 aliphatic rings. The van der Waals surface area contributed by atoms with Crippen LogP contribution in [0.3, 0.4) is 0 Å². The molecule has 0 fully saturated rings. The number of ether oxygens (including phenoxy) is 1. The average molecular weight is 593 g/mol. The second kappa shape index (κ2) is 14.2. The quantitative estimate of drug-likeness (QED) is 0.141. The van der Waals surface area contributed by atoms with Crippen molar-refractivity contribution in [3.63, 3.8) is 0 Å². The van der Waals surface area contributed by atoms with Gasteiger partial charge < -0.3 is 19.7 Å². The van der Waals surface area contributed by atoms with Crippen molar-refractivity contribution in [1.82, 2.24) is 20.3 Å². The van der Waals surface area contributed by atoms with Crippen LogP contribution in [0.4, 0.5) is 0 Å². The van der Waals surface area contributed by atoms with Gasteiger partial charge in [0.1, 0.15) is 11.8 Å². The Bertz CT molecular complexity index is 1730. The zero-order chi connectivity index (χ0) is 31.1. The van der Waals surface area contributed by atoms with Crippen LogP contribution in [0.25, 0.3) is 21.7 Å². The van der Waals surface area contributed by atoms with Crippen LogP contribution < -0.4 is 10.2 Å². The number of amides is 1. The molecular formula is C36H40N4O4. The first-order valence-corrected chi connectivity index (χ1v) is 15.0. The summed E-state index contributed by atoms with van der Waals surface area (Å²) >= 11 is 0. The van der Waals surface area contributed by atoms with Gasteiger partial charge in [-0.05, 0) is 46.9 Å². The lowest BCUT2D eigenvalue weighted by Gasteiger charge is -2.36. The predicted molar refractivity (Wildman–Crippen MR) is 174 cm³/mol. The zero-order valence-electron chi connectivity index (χ0n) is 25.5. The van der Waals surface area contributed by atoms with Crippen LogP contribution in [0.15, 0.2) is 97.2 Å². The van der Waals surface area contributed by atoms with Crippen LogP contribution in [0, 0.1) is 0 Å². The highest BCUT2D eigenvalue weighted by molar-refractivity contribution is 5.85. The molecule has 8 heteroatoms. The molecule has 1 amide bonds. The Labute approximate surface area is 258 Å². The Morgan fingerprint density at radius 2 is 1.64 bits per heavy atom. The Morgan fingerprint density at radius 1 is 0.909 bits per heavy atom. The summed E-state index contributed by atoms with van der Waals surface area (Å²) < 4.78 is 5.54.